The predicted molar refractivity (Wildman–Crippen MR) is 83.7 cm³/mol. The highest BCUT2D eigenvalue weighted by Crippen LogP contribution is 2.30. The van der Waals surface area contributed by atoms with Crippen LogP contribution in [0, 0.1) is 6.92 Å². The lowest BCUT2D eigenvalue weighted by Crippen LogP contribution is -2.33. The van der Waals surface area contributed by atoms with Crippen LogP contribution >= 0.6 is 15.9 Å². The molecule has 1 fully saturated rings. The first-order valence-corrected chi connectivity index (χ1v) is 7.67. The summed E-state index contributed by atoms with van der Waals surface area (Å²) in [6.07, 6.45) is 6.02. The summed E-state index contributed by atoms with van der Waals surface area (Å²) in [5, 5.41) is 7.72. The summed E-state index contributed by atoms with van der Waals surface area (Å²) < 4.78 is 2.42. The van der Waals surface area contributed by atoms with E-state index in [2.05, 4.69) is 31.3 Å². The van der Waals surface area contributed by atoms with Crippen molar-refractivity contribution in [3.8, 4) is 0 Å². The van der Waals surface area contributed by atoms with Gasteiger partial charge in [0.25, 0.3) is 0 Å². The number of anilines is 2. The zero-order valence-electron chi connectivity index (χ0n) is 11.4. The van der Waals surface area contributed by atoms with E-state index in [1.165, 1.54) is 0 Å². The lowest BCUT2D eigenvalue weighted by Gasteiger charge is -2.27. The van der Waals surface area contributed by atoms with E-state index in [4.69, 9.17) is 11.5 Å². The second kappa shape index (κ2) is 5.21. The van der Waals surface area contributed by atoms with Crippen molar-refractivity contribution in [2.75, 3.05) is 11.1 Å². The molecule has 0 aliphatic heterocycles. The lowest BCUT2D eigenvalue weighted by atomic mass is 9.92. The smallest absolute Gasteiger partial charge is 0.162 e. The maximum atomic E-state index is 6.11. The Hall–Kier alpha value is -1.34. The molecule has 2 aromatic heterocycles. The number of hydrogen-bond donors (Lipinski definition) is 3. The molecule has 2 aromatic rings. The first-order chi connectivity index (χ1) is 9.56. The molecule has 0 radical (unpaired) electrons. The zero-order valence-corrected chi connectivity index (χ0v) is 13.0. The molecule has 6 nitrogen and oxygen atoms in total. The van der Waals surface area contributed by atoms with E-state index < -0.39 is 0 Å². The van der Waals surface area contributed by atoms with E-state index in [1.807, 2.05) is 6.92 Å². The fourth-order valence-corrected chi connectivity index (χ4v) is 3.03. The third-order valence-electron chi connectivity index (χ3n) is 3.91. The van der Waals surface area contributed by atoms with Crippen molar-refractivity contribution in [2.24, 2.45) is 5.73 Å². The van der Waals surface area contributed by atoms with Crippen LogP contribution < -0.4 is 16.8 Å². The quantitative estimate of drug-likeness (QED) is 0.779. The van der Waals surface area contributed by atoms with Crippen LogP contribution in [0.2, 0.25) is 0 Å². The Morgan fingerprint density at radius 1 is 1.35 bits per heavy atom. The van der Waals surface area contributed by atoms with Gasteiger partial charge in [-0.25, -0.2) is 4.98 Å². The largest absolute Gasteiger partial charge is 0.383 e. The van der Waals surface area contributed by atoms with Crippen molar-refractivity contribution >= 4 is 33.2 Å². The van der Waals surface area contributed by atoms with E-state index in [-0.39, 0.29) is 0 Å². The Morgan fingerprint density at radius 2 is 2.05 bits per heavy atom. The minimum atomic E-state index is 0.342. The molecule has 5 N–H and O–H groups in total. The van der Waals surface area contributed by atoms with Gasteiger partial charge in [-0.15, -0.1) is 0 Å². The van der Waals surface area contributed by atoms with Gasteiger partial charge in [-0.1, -0.05) is 0 Å². The molecule has 0 aromatic carbocycles. The molecule has 0 bridgehead atoms. The number of fused-ring (bicyclic) bond motifs is 1. The maximum Gasteiger partial charge on any atom is 0.162 e. The van der Waals surface area contributed by atoms with Gasteiger partial charge in [0.15, 0.2) is 5.65 Å². The van der Waals surface area contributed by atoms with Crippen molar-refractivity contribution < 1.29 is 0 Å². The molecule has 1 saturated carbocycles. The highest BCUT2D eigenvalue weighted by molar-refractivity contribution is 9.10. The van der Waals surface area contributed by atoms with Crippen LogP contribution in [0.15, 0.2) is 10.7 Å². The number of halogens is 1. The molecule has 20 heavy (non-hydrogen) atoms. The number of hydrogen-bond acceptors (Lipinski definition) is 5. The van der Waals surface area contributed by atoms with Gasteiger partial charge in [0.1, 0.15) is 16.1 Å². The van der Waals surface area contributed by atoms with Gasteiger partial charge in [-0.3, -0.25) is 0 Å². The minimum absolute atomic E-state index is 0.342. The summed E-state index contributed by atoms with van der Waals surface area (Å²) in [4.78, 5) is 4.64. The Labute approximate surface area is 126 Å². The number of nitrogens with zero attached hydrogens (tertiary/aromatic N) is 3. The third kappa shape index (κ3) is 2.35. The summed E-state index contributed by atoms with van der Waals surface area (Å²) in [5.74, 6) is 1.36. The summed E-state index contributed by atoms with van der Waals surface area (Å²) in [7, 11) is 0. The van der Waals surface area contributed by atoms with Crippen molar-refractivity contribution in [1.29, 1.82) is 0 Å². The molecule has 0 spiro atoms. The van der Waals surface area contributed by atoms with Crippen LogP contribution in [0.1, 0.15) is 31.2 Å². The molecule has 2 heterocycles. The molecule has 0 atom stereocenters. The molecule has 0 amide bonds. The van der Waals surface area contributed by atoms with Crippen LogP contribution in [0.5, 0.6) is 0 Å². The molecule has 0 unspecified atom stereocenters. The van der Waals surface area contributed by atoms with Crippen LogP contribution in [0.4, 0.5) is 11.6 Å². The first-order valence-electron chi connectivity index (χ1n) is 6.87. The topological polar surface area (TPSA) is 94.3 Å². The van der Waals surface area contributed by atoms with Gasteiger partial charge < -0.3 is 16.8 Å². The van der Waals surface area contributed by atoms with Gasteiger partial charge >= 0.3 is 0 Å². The lowest BCUT2D eigenvalue weighted by molar-refractivity contribution is 0.410. The van der Waals surface area contributed by atoms with E-state index in [9.17, 15) is 0 Å². The second-order valence-corrected chi connectivity index (χ2v) is 6.27. The Kier molecular flexibility index (Phi) is 3.55. The fraction of sp³-hybridized carbons (Fsp3) is 0.538. The summed E-state index contributed by atoms with van der Waals surface area (Å²) in [6, 6.07) is 0.748. The van der Waals surface area contributed by atoms with E-state index in [0.717, 1.165) is 47.2 Å². The number of rotatable bonds is 2. The second-order valence-electron chi connectivity index (χ2n) is 5.48. The van der Waals surface area contributed by atoms with Crippen molar-refractivity contribution in [2.45, 2.75) is 44.7 Å². The number of aromatic nitrogens is 3. The summed E-state index contributed by atoms with van der Waals surface area (Å²) in [5.41, 5.74) is 13.9. The first kappa shape index (κ1) is 13.6. The van der Waals surface area contributed by atoms with E-state index >= 15 is 0 Å². The Bertz CT molecular complexity index is 629. The van der Waals surface area contributed by atoms with Crippen LogP contribution in [0.25, 0.3) is 5.65 Å². The van der Waals surface area contributed by atoms with Gasteiger partial charge in [-0.05, 0) is 48.5 Å². The average Bonchev–Trinajstić information content (AvgIpc) is 2.80. The van der Waals surface area contributed by atoms with Gasteiger partial charge in [0.05, 0.1) is 6.20 Å². The average molecular weight is 339 g/mol. The van der Waals surface area contributed by atoms with Crippen molar-refractivity contribution in [1.82, 2.24) is 14.6 Å². The predicted octanol–water partition coefficient (Wildman–Crippen LogP) is 2.06. The van der Waals surface area contributed by atoms with E-state index in [1.54, 1.807) is 10.7 Å². The Balaban J connectivity index is 1.91. The Morgan fingerprint density at radius 3 is 2.75 bits per heavy atom. The standard InChI is InChI=1S/C13H19BrN6/c1-7-6-17-20-11(16)10(14)12(19-13(7)20)18-9-4-2-8(15)3-5-9/h6,8-9H,2-5,15-16H2,1H3,(H,18,19). The molecule has 108 valence electrons. The highest BCUT2D eigenvalue weighted by atomic mass is 79.9. The molecule has 7 heteroatoms. The molecule has 3 rings (SSSR count). The highest BCUT2D eigenvalue weighted by Gasteiger charge is 2.21. The minimum Gasteiger partial charge on any atom is -0.383 e. The molecule has 0 saturated heterocycles. The summed E-state index contributed by atoms with van der Waals surface area (Å²) in [6.45, 7) is 1.98. The van der Waals surface area contributed by atoms with Gasteiger partial charge in [0, 0.05) is 17.6 Å². The number of aryl methyl sites for hydroxylation is 1. The number of nitrogens with one attached hydrogen (secondary N) is 1. The van der Waals surface area contributed by atoms with Crippen LogP contribution in [-0.4, -0.2) is 26.7 Å². The van der Waals surface area contributed by atoms with Gasteiger partial charge in [-0.2, -0.15) is 9.61 Å². The number of nitrogens with two attached hydrogens (primary N) is 2. The molecule has 1 aliphatic rings. The van der Waals surface area contributed by atoms with Crippen LogP contribution in [0.3, 0.4) is 0 Å². The zero-order chi connectivity index (χ0) is 14.3. The normalized spacial score (nSPS) is 23.1. The van der Waals surface area contributed by atoms with Crippen molar-refractivity contribution in [3.05, 3.63) is 16.2 Å². The molecular weight excluding hydrogens is 320 g/mol. The maximum absolute atomic E-state index is 6.11. The molecule has 1 aliphatic carbocycles. The van der Waals surface area contributed by atoms with Gasteiger partial charge in [0.2, 0.25) is 0 Å². The van der Waals surface area contributed by atoms with Crippen molar-refractivity contribution in [3.63, 3.8) is 0 Å². The summed E-state index contributed by atoms with van der Waals surface area (Å²) >= 11 is 3.51. The van der Waals surface area contributed by atoms with Crippen LogP contribution in [-0.2, 0) is 0 Å². The third-order valence-corrected chi connectivity index (χ3v) is 4.69. The molecular formula is C13H19BrN6. The fourth-order valence-electron chi connectivity index (χ4n) is 2.66. The van der Waals surface area contributed by atoms with E-state index in [0.29, 0.717) is 17.9 Å². The monoisotopic (exact) mass is 338 g/mol. The number of nitrogen functional groups attached to an aromatic ring is 1. The SMILES string of the molecule is Cc1cnn2c(N)c(Br)c(NC3CCC(N)CC3)nc12.